The first-order chi connectivity index (χ1) is 14.1. The summed E-state index contributed by atoms with van der Waals surface area (Å²) < 4.78 is 5.19. The van der Waals surface area contributed by atoms with Crippen LogP contribution in [-0.2, 0) is 9.59 Å². The van der Waals surface area contributed by atoms with Gasteiger partial charge in [0.25, 0.3) is 0 Å². The molecule has 0 unspecified atom stereocenters. The lowest BCUT2D eigenvalue weighted by atomic mass is 9.83. The van der Waals surface area contributed by atoms with Crippen LogP contribution >= 0.6 is 0 Å². The van der Waals surface area contributed by atoms with Gasteiger partial charge in [0.2, 0.25) is 11.8 Å². The zero-order valence-corrected chi connectivity index (χ0v) is 17.7. The molecule has 4 rings (SSSR count). The topological polar surface area (TPSA) is 53.1 Å². The summed E-state index contributed by atoms with van der Waals surface area (Å²) in [4.78, 5) is 32.0. The molecule has 3 heterocycles. The van der Waals surface area contributed by atoms with E-state index >= 15 is 0 Å². The molecule has 3 aliphatic heterocycles. The minimum Gasteiger partial charge on any atom is -0.497 e. The Kier molecular flexibility index (Phi) is 6.09. The van der Waals surface area contributed by atoms with Crippen molar-refractivity contribution in [2.75, 3.05) is 45.2 Å². The number of nitrogens with zero attached hydrogens (tertiary/aromatic N) is 3. The molecular weight excluding hydrogens is 366 g/mol. The fourth-order valence-corrected chi connectivity index (χ4v) is 5.43. The highest BCUT2D eigenvalue weighted by Gasteiger charge is 2.38. The third-order valence-electron chi connectivity index (χ3n) is 6.97. The summed E-state index contributed by atoms with van der Waals surface area (Å²) in [5.74, 6) is 1.21. The summed E-state index contributed by atoms with van der Waals surface area (Å²) in [6, 6.07) is 8.10. The number of carbonyl (C=O) groups is 2. The summed E-state index contributed by atoms with van der Waals surface area (Å²) in [5, 5.41) is 0. The Morgan fingerprint density at radius 3 is 2.66 bits per heavy atom. The number of piperidine rings is 2. The third-order valence-corrected chi connectivity index (χ3v) is 6.97. The van der Waals surface area contributed by atoms with Gasteiger partial charge in [-0.1, -0.05) is 6.42 Å². The monoisotopic (exact) mass is 399 g/mol. The molecule has 3 saturated heterocycles. The predicted octanol–water partition coefficient (Wildman–Crippen LogP) is 2.77. The van der Waals surface area contributed by atoms with Gasteiger partial charge in [-0.15, -0.1) is 0 Å². The largest absolute Gasteiger partial charge is 0.497 e. The fourth-order valence-electron chi connectivity index (χ4n) is 5.43. The van der Waals surface area contributed by atoms with Crippen molar-refractivity contribution < 1.29 is 14.3 Å². The second-order valence-electron chi connectivity index (χ2n) is 8.82. The molecule has 0 radical (unpaired) electrons. The second-order valence-corrected chi connectivity index (χ2v) is 8.82. The van der Waals surface area contributed by atoms with Crippen molar-refractivity contribution in [3.05, 3.63) is 24.3 Å². The minimum atomic E-state index is -0.249. The number of amides is 2. The van der Waals surface area contributed by atoms with Crippen LogP contribution in [0, 0.1) is 11.8 Å². The maximum absolute atomic E-state index is 13.1. The van der Waals surface area contributed by atoms with Crippen LogP contribution in [0.25, 0.3) is 0 Å². The van der Waals surface area contributed by atoms with Crippen molar-refractivity contribution in [3.63, 3.8) is 0 Å². The van der Waals surface area contributed by atoms with Crippen molar-refractivity contribution >= 4 is 17.5 Å². The SMILES string of the molecule is COc1ccc(N2C[C@@H](C(=O)N(C)C[C@@H]3CCCN4CCCC[C@H]34)CC2=O)cc1. The number of fused-ring (bicyclic) bond motifs is 1. The number of anilines is 1. The summed E-state index contributed by atoms with van der Waals surface area (Å²) in [7, 11) is 3.55. The molecule has 0 aromatic heterocycles. The summed E-state index contributed by atoms with van der Waals surface area (Å²) >= 11 is 0. The summed E-state index contributed by atoms with van der Waals surface area (Å²) in [5.41, 5.74) is 0.832. The molecule has 3 atom stereocenters. The number of methoxy groups -OCH3 is 1. The van der Waals surface area contributed by atoms with Crippen LogP contribution in [0.3, 0.4) is 0 Å². The Morgan fingerprint density at radius 1 is 1.14 bits per heavy atom. The molecule has 0 spiro atoms. The van der Waals surface area contributed by atoms with E-state index < -0.39 is 0 Å². The Hall–Kier alpha value is -2.08. The van der Waals surface area contributed by atoms with E-state index in [-0.39, 0.29) is 17.7 Å². The van der Waals surface area contributed by atoms with Crippen molar-refractivity contribution in [2.45, 2.75) is 44.6 Å². The molecular formula is C23H33N3O3. The number of carbonyl (C=O) groups excluding carboxylic acids is 2. The standard InChI is InChI=1S/C23H33N3O3/c1-24(15-17-6-5-13-25-12-4-3-7-21(17)25)23(28)18-14-22(27)26(16-18)19-8-10-20(29-2)11-9-19/h8-11,17-18,21H,3-7,12-16H2,1-2H3/t17-,18-,21+/m0/s1. The van der Waals surface area contributed by atoms with Gasteiger partial charge < -0.3 is 19.4 Å². The number of ether oxygens (including phenoxy) is 1. The molecule has 29 heavy (non-hydrogen) atoms. The smallest absolute Gasteiger partial charge is 0.227 e. The predicted molar refractivity (Wildman–Crippen MR) is 113 cm³/mol. The van der Waals surface area contributed by atoms with E-state index in [1.807, 2.05) is 36.2 Å². The first kappa shape index (κ1) is 20.2. The van der Waals surface area contributed by atoms with E-state index in [9.17, 15) is 9.59 Å². The molecule has 6 nitrogen and oxygen atoms in total. The molecule has 0 saturated carbocycles. The quantitative estimate of drug-likeness (QED) is 0.764. The van der Waals surface area contributed by atoms with Crippen LogP contribution in [0.1, 0.15) is 38.5 Å². The summed E-state index contributed by atoms with van der Waals surface area (Å²) in [6.45, 7) is 3.71. The van der Waals surface area contributed by atoms with Crippen LogP contribution in [0.5, 0.6) is 5.75 Å². The first-order valence-corrected chi connectivity index (χ1v) is 11.0. The van der Waals surface area contributed by atoms with Crippen LogP contribution in [0.15, 0.2) is 24.3 Å². The molecule has 3 fully saturated rings. The van der Waals surface area contributed by atoms with E-state index in [1.165, 1.54) is 45.2 Å². The first-order valence-electron chi connectivity index (χ1n) is 11.0. The molecule has 2 amide bonds. The molecule has 1 aromatic rings. The van der Waals surface area contributed by atoms with Gasteiger partial charge in [0.05, 0.1) is 13.0 Å². The Balaban J connectivity index is 1.36. The highest BCUT2D eigenvalue weighted by atomic mass is 16.5. The average Bonchev–Trinajstić information content (AvgIpc) is 3.15. The van der Waals surface area contributed by atoms with Gasteiger partial charge in [0.1, 0.15) is 5.75 Å². The van der Waals surface area contributed by atoms with E-state index in [4.69, 9.17) is 4.74 Å². The van der Waals surface area contributed by atoms with Crippen LogP contribution in [0.4, 0.5) is 5.69 Å². The second kappa shape index (κ2) is 8.74. The van der Waals surface area contributed by atoms with Gasteiger partial charge in [0, 0.05) is 38.3 Å². The fraction of sp³-hybridized carbons (Fsp3) is 0.652. The van der Waals surface area contributed by atoms with Gasteiger partial charge in [-0.05, 0) is 69.0 Å². The number of rotatable bonds is 5. The molecule has 0 aliphatic carbocycles. The van der Waals surface area contributed by atoms with Gasteiger partial charge in [-0.25, -0.2) is 0 Å². The van der Waals surface area contributed by atoms with Crippen LogP contribution < -0.4 is 9.64 Å². The number of hydrogen-bond acceptors (Lipinski definition) is 4. The van der Waals surface area contributed by atoms with E-state index in [1.54, 1.807) is 12.0 Å². The number of benzene rings is 1. The lowest BCUT2D eigenvalue weighted by molar-refractivity contribution is -0.135. The maximum Gasteiger partial charge on any atom is 0.227 e. The normalized spacial score (nSPS) is 27.6. The third kappa shape index (κ3) is 4.27. The maximum atomic E-state index is 13.1. The van der Waals surface area contributed by atoms with Crippen molar-refractivity contribution in [1.29, 1.82) is 0 Å². The van der Waals surface area contributed by atoms with Gasteiger partial charge in [0.15, 0.2) is 0 Å². The Labute approximate surface area is 173 Å². The van der Waals surface area contributed by atoms with Crippen LogP contribution in [-0.4, -0.2) is 68.0 Å². The number of hydrogen-bond donors (Lipinski definition) is 0. The Bertz CT molecular complexity index is 733. The van der Waals surface area contributed by atoms with Crippen molar-refractivity contribution in [3.8, 4) is 5.75 Å². The lowest BCUT2D eigenvalue weighted by Crippen LogP contribution is -2.51. The molecule has 1 aromatic carbocycles. The molecule has 6 heteroatoms. The molecule has 0 bridgehead atoms. The van der Waals surface area contributed by atoms with Crippen LogP contribution in [0.2, 0.25) is 0 Å². The lowest BCUT2D eigenvalue weighted by Gasteiger charge is -2.45. The van der Waals surface area contributed by atoms with E-state index in [2.05, 4.69) is 4.90 Å². The molecule has 3 aliphatic rings. The zero-order chi connectivity index (χ0) is 20.4. The van der Waals surface area contributed by atoms with Gasteiger partial charge >= 0.3 is 0 Å². The molecule has 158 valence electrons. The van der Waals surface area contributed by atoms with E-state index in [0.29, 0.717) is 24.9 Å². The highest BCUT2D eigenvalue weighted by Crippen LogP contribution is 2.32. The van der Waals surface area contributed by atoms with E-state index in [0.717, 1.165) is 18.0 Å². The summed E-state index contributed by atoms with van der Waals surface area (Å²) in [6.07, 6.45) is 6.62. The Morgan fingerprint density at radius 2 is 1.90 bits per heavy atom. The van der Waals surface area contributed by atoms with Crippen molar-refractivity contribution in [2.24, 2.45) is 11.8 Å². The molecule has 0 N–H and O–H groups in total. The van der Waals surface area contributed by atoms with Crippen molar-refractivity contribution in [1.82, 2.24) is 9.80 Å². The highest BCUT2D eigenvalue weighted by molar-refractivity contribution is 6.00. The van der Waals surface area contributed by atoms with Gasteiger partial charge in [-0.3, -0.25) is 9.59 Å². The average molecular weight is 400 g/mol. The minimum absolute atomic E-state index is 0.0260. The zero-order valence-electron chi connectivity index (χ0n) is 17.7. The van der Waals surface area contributed by atoms with Gasteiger partial charge in [-0.2, -0.15) is 0 Å².